The third-order valence-electron chi connectivity index (χ3n) is 3.22. The number of nitrogens with zero attached hydrogens (tertiary/aromatic N) is 2. The molecule has 1 unspecified atom stereocenters. The Balaban J connectivity index is 2.00. The van der Waals surface area contributed by atoms with E-state index in [9.17, 15) is 4.79 Å². The van der Waals surface area contributed by atoms with Crippen molar-refractivity contribution in [2.45, 2.75) is 45.1 Å². The van der Waals surface area contributed by atoms with Crippen LogP contribution in [0.15, 0.2) is 11.0 Å². The maximum absolute atomic E-state index is 11.4. The number of rotatable bonds is 1. The van der Waals surface area contributed by atoms with Crippen molar-refractivity contribution in [1.29, 1.82) is 0 Å². The van der Waals surface area contributed by atoms with Crippen molar-refractivity contribution < 1.29 is 9.47 Å². The Kier molecular flexibility index (Phi) is 2.04. The normalized spacial score (nSPS) is 31.0. The van der Waals surface area contributed by atoms with Crippen LogP contribution in [0.3, 0.4) is 0 Å². The van der Waals surface area contributed by atoms with Gasteiger partial charge in [0.05, 0.1) is 6.10 Å². The maximum atomic E-state index is 11.4. The number of hydrogen-bond acceptors (Lipinski definition) is 4. The van der Waals surface area contributed by atoms with Crippen molar-refractivity contribution >= 4 is 0 Å². The molecule has 0 N–H and O–H groups in total. The van der Waals surface area contributed by atoms with E-state index < -0.39 is 0 Å². The summed E-state index contributed by atoms with van der Waals surface area (Å²) >= 11 is 0. The van der Waals surface area contributed by atoms with E-state index in [4.69, 9.17) is 9.47 Å². The number of aromatic nitrogens is 2. The van der Waals surface area contributed by atoms with E-state index in [0.29, 0.717) is 11.6 Å². The summed E-state index contributed by atoms with van der Waals surface area (Å²) in [6, 6.07) is 0.389. The van der Waals surface area contributed by atoms with Crippen LogP contribution in [0, 0.1) is 6.92 Å². The van der Waals surface area contributed by atoms with E-state index in [1.165, 1.54) is 0 Å². The zero-order chi connectivity index (χ0) is 11.3. The molecule has 1 aromatic rings. The summed E-state index contributed by atoms with van der Waals surface area (Å²) in [7, 11) is 0. The maximum Gasteiger partial charge on any atom is 0.302 e. The molecule has 0 aromatic carbocycles. The first-order valence-electron chi connectivity index (χ1n) is 5.61. The number of ether oxygens (including phenoxy) is 2. The lowest BCUT2D eigenvalue weighted by Gasteiger charge is -2.12. The Bertz CT molecular complexity index is 483. The molecular weight excluding hydrogens is 208 g/mol. The van der Waals surface area contributed by atoms with Gasteiger partial charge in [0.2, 0.25) is 0 Å². The smallest absolute Gasteiger partial charge is 0.302 e. The van der Waals surface area contributed by atoms with E-state index >= 15 is 0 Å². The summed E-state index contributed by atoms with van der Waals surface area (Å²) in [4.78, 5) is 15.3. The molecular formula is C11H14N2O3. The summed E-state index contributed by atoms with van der Waals surface area (Å²) in [5.41, 5.74) is 0.398. The van der Waals surface area contributed by atoms with Crippen molar-refractivity contribution in [2.75, 3.05) is 0 Å². The molecule has 0 saturated carbocycles. The molecule has 3 rings (SSSR count). The first-order chi connectivity index (χ1) is 7.69. The van der Waals surface area contributed by atoms with Crippen LogP contribution in [0.4, 0.5) is 0 Å². The van der Waals surface area contributed by atoms with Crippen LogP contribution in [-0.4, -0.2) is 21.8 Å². The summed E-state index contributed by atoms with van der Waals surface area (Å²) in [5.74, 6) is 0. The van der Waals surface area contributed by atoms with Gasteiger partial charge < -0.3 is 9.47 Å². The zero-order valence-electron chi connectivity index (χ0n) is 9.34. The minimum Gasteiger partial charge on any atom is -0.456 e. The van der Waals surface area contributed by atoms with Crippen LogP contribution < -0.4 is 10.3 Å². The molecule has 1 aromatic heterocycles. The molecule has 0 radical (unpaired) electrons. The second-order valence-corrected chi connectivity index (χ2v) is 4.37. The summed E-state index contributed by atoms with van der Waals surface area (Å²) in [6.07, 6.45) is 3.79. The Morgan fingerprint density at radius 3 is 3.19 bits per heavy atom. The number of hydrogen-bond donors (Lipinski definition) is 0. The van der Waals surface area contributed by atoms with Crippen molar-refractivity contribution in [2.24, 2.45) is 0 Å². The van der Waals surface area contributed by atoms with Gasteiger partial charge in [-0.1, -0.05) is 6.92 Å². The third-order valence-corrected chi connectivity index (χ3v) is 3.22. The zero-order valence-corrected chi connectivity index (χ0v) is 9.34. The van der Waals surface area contributed by atoms with Gasteiger partial charge in [-0.2, -0.15) is 4.98 Å². The summed E-state index contributed by atoms with van der Waals surface area (Å²) in [6.45, 7) is 3.85. The first-order valence-corrected chi connectivity index (χ1v) is 5.61. The van der Waals surface area contributed by atoms with Crippen LogP contribution in [0.5, 0.6) is 6.01 Å². The highest BCUT2D eigenvalue weighted by Crippen LogP contribution is 2.39. The highest BCUT2D eigenvalue weighted by atomic mass is 16.6. The van der Waals surface area contributed by atoms with E-state index in [0.717, 1.165) is 12.8 Å². The summed E-state index contributed by atoms with van der Waals surface area (Å²) < 4.78 is 13.3. The average Bonchev–Trinajstić information content (AvgIpc) is 2.77. The molecule has 5 heteroatoms. The lowest BCUT2D eigenvalue weighted by atomic mass is 10.1. The monoisotopic (exact) mass is 222 g/mol. The van der Waals surface area contributed by atoms with E-state index in [2.05, 4.69) is 11.9 Å². The van der Waals surface area contributed by atoms with Gasteiger partial charge in [-0.05, 0) is 13.3 Å². The molecule has 86 valence electrons. The lowest BCUT2D eigenvalue weighted by Crippen LogP contribution is -2.16. The Morgan fingerprint density at radius 2 is 2.44 bits per heavy atom. The number of aryl methyl sites for hydroxylation is 1. The minimum absolute atomic E-state index is 0.0126. The molecule has 3 atom stereocenters. The molecule has 16 heavy (non-hydrogen) atoms. The van der Waals surface area contributed by atoms with Crippen LogP contribution in [0.25, 0.3) is 0 Å². The first kappa shape index (κ1) is 9.84. The van der Waals surface area contributed by atoms with Gasteiger partial charge in [-0.15, -0.1) is 0 Å². The Hall–Kier alpha value is -1.36. The molecule has 2 aliphatic heterocycles. The van der Waals surface area contributed by atoms with Crippen LogP contribution in [0.2, 0.25) is 0 Å². The molecule has 0 spiro atoms. The lowest BCUT2D eigenvalue weighted by molar-refractivity contribution is -0.00528. The molecule has 1 fully saturated rings. The average molecular weight is 222 g/mol. The van der Waals surface area contributed by atoms with Crippen molar-refractivity contribution in [1.82, 2.24) is 9.55 Å². The SMILES string of the molecule is CC[C@@H]1CC2Oc3nc(=O)c(C)cn3[C@@H]2O1. The van der Waals surface area contributed by atoms with Crippen LogP contribution >= 0.6 is 0 Å². The molecule has 0 bridgehead atoms. The van der Waals surface area contributed by atoms with Crippen molar-refractivity contribution in [3.8, 4) is 6.01 Å². The fourth-order valence-corrected chi connectivity index (χ4v) is 2.29. The molecule has 0 amide bonds. The topological polar surface area (TPSA) is 53.3 Å². The van der Waals surface area contributed by atoms with Gasteiger partial charge in [-0.3, -0.25) is 9.36 Å². The standard InChI is InChI=1S/C11H14N2O3/c1-3-7-4-8-10(15-7)13-5-6(2)9(14)12-11(13)16-8/h5,7-8,10H,3-4H2,1-2H3/t7-,8?,10-/m1/s1. The second kappa shape index (κ2) is 3.31. The molecule has 1 saturated heterocycles. The van der Waals surface area contributed by atoms with Crippen LogP contribution in [0.1, 0.15) is 31.6 Å². The van der Waals surface area contributed by atoms with E-state index in [1.54, 1.807) is 13.1 Å². The Morgan fingerprint density at radius 1 is 1.62 bits per heavy atom. The summed E-state index contributed by atoms with van der Waals surface area (Å²) in [5, 5.41) is 0. The second-order valence-electron chi connectivity index (χ2n) is 4.37. The highest BCUT2D eigenvalue weighted by molar-refractivity contribution is 5.14. The van der Waals surface area contributed by atoms with Gasteiger partial charge >= 0.3 is 6.01 Å². The molecule has 5 nitrogen and oxygen atoms in total. The van der Waals surface area contributed by atoms with E-state index in [-0.39, 0.29) is 24.0 Å². The minimum atomic E-state index is -0.224. The fraction of sp³-hybridized carbons (Fsp3) is 0.636. The Labute approximate surface area is 93.0 Å². The molecule has 0 aliphatic carbocycles. The largest absolute Gasteiger partial charge is 0.456 e. The van der Waals surface area contributed by atoms with Gasteiger partial charge in [0, 0.05) is 18.2 Å². The number of fused-ring (bicyclic) bond motifs is 3. The van der Waals surface area contributed by atoms with Gasteiger partial charge in [0.15, 0.2) is 6.23 Å². The van der Waals surface area contributed by atoms with Gasteiger partial charge in [0.1, 0.15) is 6.10 Å². The predicted octanol–water partition coefficient (Wildman–Crippen LogP) is 1.01. The van der Waals surface area contributed by atoms with Crippen molar-refractivity contribution in [3.63, 3.8) is 0 Å². The third kappa shape index (κ3) is 1.28. The van der Waals surface area contributed by atoms with E-state index in [1.807, 2.05) is 4.57 Å². The van der Waals surface area contributed by atoms with Gasteiger partial charge in [-0.25, -0.2) is 0 Å². The quantitative estimate of drug-likeness (QED) is 0.711. The molecule has 3 heterocycles. The fourth-order valence-electron chi connectivity index (χ4n) is 2.29. The molecule has 2 aliphatic rings. The van der Waals surface area contributed by atoms with Crippen LogP contribution in [-0.2, 0) is 4.74 Å². The highest BCUT2D eigenvalue weighted by Gasteiger charge is 2.43. The van der Waals surface area contributed by atoms with Gasteiger partial charge in [0.25, 0.3) is 5.56 Å². The van der Waals surface area contributed by atoms with Crippen molar-refractivity contribution in [3.05, 3.63) is 22.1 Å². The predicted molar refractivity (Wildman–Crippen MR) is 56.5 cm³/mol.